The molecule has 0 spiro atoms. The second-order valence-electron chi connectivity index (χ2n) is 12.5. The van der Waals surface area contributed by atoms with Crippen LogP contribution in [0.3, 0.4) is 0 Å². The van der Waals surface area contributed by atoms with Gasteiger partial charge in [-0.25, -0.2) is 15.0 Å². The van der Waals surface area contributed by atoms with E-state index in [4.69, 9.17) is 15.0 Å². The van der Waals surface area contributed by atoms with Gasteiger partial charge in [0.25, 0.3) is 0 Å². The quantitative estimate of drug-likeness (QED) is 0.231. The fourth-order valence-electron chi connectivity index (χ4n) is 7.96. The van der Waals surface area contributed by atoms with E-state index in [2.05, 4.69) is 56.3 Å². The van der Waals surface area contributed by atoms with Crippen molar-refractivity contribution >= 4 is 10.8 Å². The summed E-state index contributed by atoms with van der Waals surface area (Å²) in [6.07, 6.45) is 6.66. The minimum atomic E-state index is 0.275. The van der Waals surface area contributed by atoms with E-state index in [-0.39, 0.29) is 5.41 Å². The molecule has 0 N–H and O–H groups in total. The molecule has 41 heavy (non-hydrogen) atoms. The average Bonchev–Trinajstić information content (AvgIpc) is 3.00. The van der Waals surface area contributed by atoms with Gasteiger partial charge in [0, 0.05) is 16.7 Å². The van der Waals surface area contributed by atoms with Crippen LogP contribution in [0.2, 0.25) is 0 Å². The smallest absolute Gasteiger partial charge is 0.164 e. The number of hydrogen-bond donors (Lipinski definition) is 0. The van der Waals surface area contributed by atoms with Gasteiger partial charge in [-0.05, 0) is 102 Å². The lowest BCUT2D eigenvalue weighted by atomic mass is 9.54. The fourth-order valence-corrected chi connectivity index (χ4v) is 7.96. The molecule has 1 unspecified atom stereocenters. The van der Waals surface area contributed by atoms with Crippen LogP contribution in [0.5, 0.6) is 0 Å². The maximum Gasteiger partial charge on any atom is 0.164 e. The standard InChI is InChI=1S/C37H34N4/c1-24-17-27-18-25(2)21-37(20-24,22-27)33-10-6-9-30-19-31(15-16-32(30)33)36-40-34(28-7-4-3-5-8-28)39-35(41-36)29-13-11-26(23-38)12-14-29/h3-16,19,24-25,27H,17-18,20-22H2,1-2H3/t24-,25+,27-,37?. The number of nitrogens with zero attached hydrogens (tertiary/aromatic N) is 4. The van der Waals surface area contributed by atoms with E-state index in [1.54, 1.807) is 12.1 Å². The van der Waals surface area contributed by atoms with Crippen molar-refractivity contribution in [3.8, 4) is 40.2 Å². The van der Waals surface area contributed by atoms with Crippen LogP contribution in [0.4, 0.5) is 0 Å². The molecule has 7 rings (SSSR count). The van der Waals surface area contributed by atoms with Gasteiger partial charge in [-0.1, -0.05) is 74.5 Å². The Kier molecular flexibility index (Phi) is 6.39. The van der Waals surface area contributed by atoms with Crippen molar-refractivity contribution in [2.24, 2.45) is 17.8 Å². The second kappa shape index (κ2) is 10.2. The fraction of sp³-hybridized carbons (Fsp3) is 0.297. The zero-order valence-corrected chi connectivity index (χ0v) is 23.7. The van der Waals surface area contributed by atoms with Gasteiger partial charge in [-0.2, -0.15) is 5.26 Å². The zero-order chi connectivity index (χ0) is 28.0. The SMILES string of the molecule is C[C@@H]1C[C@@H]2C[C@H](C)CC(c3cccc4cc(-c5nc(-c6ccccc6)nc(-c6ccc(C#N)cc6)n5)ccc34)(C1)C2. The topological polar surface area (TPSA) is 62.5 Å². The number of fused-ring (bicyclic) bond motifs is 3. The molecule has 2 bridgehead atoms. The Labute approximate surface area is 242 Å². The minimum absolute atomic E-state index is 0.275. The van der Waals surface area contributed by atoms with Crippen molar-refractivity contribution < 1.29 is 0 Å². The third kappa shape index (κ3) is 4.80. The maximum atomic E-state index is 9.26. The van der Waals surface area contributed by atoms with Gasteiger partial charge < -0.3 is 0 Å². The first kappa shape index (κ1) is 25.6. The van der Waals surface area contributed by atoms with Crippen molar-refractivity contribution in [1.82, 2.24) is 15.0 Å². The average molecular weight is 535 g/mol. The first-order chi connectivity index (χ1) is 20.0. The Morgan fingerprint density at radius 1 is 0.659 bits per heavy atom. The van der Waals surface area contributed by atoms with E-state index in [1.807, 2.05) is 42.5 Å². The summed E-state index contributed by atoms with van der Waals surface area (Å²) in [6.45, 7) is 4.91. The molecule has 0 aliphatic heterocycles. The van der Waals surface area contributed by atoms with Gasteiger partial charge >= 0.3 is 0 Å². The highest BCUT2D eigenvalue weighted by Crippen LogP contribution is 2.55. The summed E-state index contributed by atoms with van der Waals surface area (Å²) < 4.78 is 0. The number of benzene rings is 4. The molecule has 0 radical (unpaired) electrons. The molecule has 4 atom stereocenters. The Hall–Kier alpha value is -4.36. The van der Waals surface area contributed by atoms with Gasteiger partial charge in [-0.3, -0.25) is 0 Å². The van der Waals surface area contributed by atoms with E-state index < -0.39 is 0 Å². The molecule has 2 aliphatic carbocycles. The normalized spacial score (nSPS) is 23.7. The lowest BCUT2D eigenvalue weighted by Gasteiger charge is -2.51. The van der Waals surface area contributed by atoms with E-state index in [0.717, 1.165) is 34.4 Å². The lowest BCUT2D eigenvalue weighted by Crippen LogP contribution is -2.42. The van der Waals surface area contributed by atoms with Gasteiger partial charge in [0.05, 0.1) is 11.6 Å². The van der Waals surface area contributed by atoms with Gasteiger partial charge in [-0.15, -0.1) is 0 Å². The monoisotopic (exact) mass is 534 g/mol. The molecule has 4 heteroatoms. The molecule has 2 aliphatic rings. The van der Waals surface area contributed by atoms with Crippen LogP contribution in [-0.4, -0.2) is 15.0 Å². The molecule has 4 nitrogen and oxygen atoms in total. The Balaban J connectivity index is 1.34. The minimum Gasteiger partial charge on any atom is -0.208 e. The molecule has 2 fully saturated rings. The molecule has 202 valence electrons. The van der Waals surface area contributed by atoms with Crippen molar-refractivity contribution in [2.75, 3.05) is 0 Å². The molecule has 0 saturated heterocycles. The Morgan fingerprint density at radius 3 is 1.93 bits per heavy atom. The van der Waals surface area contributed by atoms with Crippen LogP contribution in [0.15, 0.2) is 91.0 Å². The summed E-state index contributed by atoms with van der Waals surface area (Å²) in [4.78, 5) is 14.7. The predicted molar refractivity (Wildman–Crippen MR) is 165 cm³/mol. The molecule has 1 aromatic heterocycles. The van der Waals surface area contributed by atoms with Crippen molar-refractivity contribution in [3.05, 3.63) is 102 Å². The molecule has 2 saturated carbocycles. The van der Waals surface area contributed by atoms with Crippen LogP contribution < -0.4 is 0 Å². The zero-order valence-electron chi connectivity index (χ0n) is 23.7. The van der Waals surface area contributed by atoms with E-state index in [1.165, 1.54) is 48.4 Å². The number of hydrogen-bond acceptors (Lipinski definition) is 4. The molecular formula is C37H34N4. The van der Waals surface area contributed by atoms with Crippen LogP contribution in [-0.2, 0) is 5.41 Å². The lowest BCUT2D eigenvalue weighted by molar-refractivity contribution is 0.0790. The van der Waals surface area contributed by atoms with E-state index >= 15 is 0 Å². The summed E-state index contributed by atoms with van der Waals surface area (Å²) >= 11 is 0. The highest BCUT2D eigenvalue weighted by atomic mass is 15.0. The van der Waals surface area contributed by atoms with Crippen molar-refractivity contribution in [1.29, 1.82) is 5.26 Å². The second-order valence-corrected chi connectivity index (χ2v) is 12.5. The summed E-state index contributed by atoms with van der Waals surface area (Å²) in [6, 6.07) is 33.3. The number of aromatic nitrogens is 3. The van der Waals surface area contributed by atoms with Crippen molar-refractivity contribution in [3.63, 3.8) is 0 Å². The summed E-state index contributed by atoms with van der Waals surface area (Å²) in [7, 11) is 0. The first-order valence-corrected chi connectivity index (χ1v) is 14.9. The molecular weight excluding hydrogens is 500 g/mol. The Bertz CT molecular complexity index is 1750. The highest BCUT2D eigenvalue weighted by molar-refractivity contribution is 5.90. The van der Waals surface area contributed by atoms with Crippen LogP contribution >= 0.6 is 0 Å². The number of nitriles is 1. The summed E-state index contributed by atoms with van der Waals surface area (Å²) in [5, 5.41) is 11.9. The van der Waals surface area contributed by atoms with Gasteiger partial charge in [0.1, 0.15) is 0 Å². The molecule has 5 aromatic rings. The van der Waals surface area contributed by atoms with Gasteiger partial charge in [0.2, 0.25) is 0 Å². The Morgan fingerprint density at radius 2 is 1.27 bits per heavy atom. The summed E-state index contributed by atoms with van der Waals surface area (Å²) in [5.74, 6) is 4.29. The number of rotatable bonds is 4. The maximum absolute atomic E-state index is 9.26. The molecule has 4 aromatic carbocycles. The largest absolute Gasteiger partial charge is 0.208 e. The summed E-state index contributed by atoms with van der Waals surface area (Å²) in [5.41, 5.74) is 5.21. The van der Waals surface area contributed by atoms with Crippen LogP contribution in [0, 0.1) is 29.1 Å². The van der Waals surface area contributed by atoms with Gasteiger partial charge in [0.15, 0.2) is 17.5 Å². The van der Waals surface area contributed by atoms with E-state index in [0.29, 0.717) is 23.0 Å². The van der Waals surface area contributed by atoms with Crippen LogP contribution in [0.25, 0.3) is 44.9 Å². The third-order valence-corrected chi connectivity index (χ3v) is 9.28. The van der Waals surface area contributed by atoms with Crippen molar-refractivity contribution in [2.45, 2.75) is 51.4 Å². The molecule has 0 amide bonds. The third-order valence-electron chi connectivity index (χ3n) is 9.28. The predicted octanol–water partition coefficient (Wildman–Crippen LogP) is 9.00. The van der Waals surface area contributed by atoms with E-state index in [9.17, 15) is 5.26 Å². The highest BCUT2D eigenvalue weighted by Gasteiger charge is 2.45. The molecule has 1 heterocycles. The van der Waals surface area contributed by atoms with Crippen LogP contribution in [0.1, 0.15) is 57.1 Å². The first-order valence-electron chi connectivity index (χ1n) is 14.9.